The summed E-state index contributed by atoms with van der Waals surface area (Å²) in [6, 6.07) is 10.6. The van der Waals surface area contributed by atoms with Gasteiger partial charge >= 0.3 is 0 Å². The van der Waals surface area contributed by atoms with Crippen molar-refractivity contribution in [3.05, 3.63) is 35.9 Å². The van der Waals surface area contributed by atoms with Gasteiger partial charge in [-0.2, -0.15) is 0 Å². The largest absolute Gasteiger partial charge is 0.330 e. The van der Waals surface area contributed by atoms with E-state index in [1.165, 1.54) is 24.9 Å². The molecule has 2 heteroatoms. The smallest absolute Gasteiger partial charge is 0.00887 e. The zero-order valence-corrected chi connectivity index (χ0v) is 10.5. The van der Waals surface area contributed by atoms with Crippen LogP contribution >= 0.6 is 0 Å². The van der Waals surface area contributed by atoms with Gasteiger partial charge in [-0.05, 0) is 25.6 Å². The van der Waals surface area contributed by atoms with E-state index in [2.05, 4.69) is 49.2 Å². The molecule has 0 radical (unpaired) electrons. The third-order valence-corrected chi connectivity index (χ3v) is 2.98. The fourth-order valence-corrected chi connectivity index (χ4v) is 1.94. The first kappa shape index (κ1) is 13.2. The molecule has 1 aromatic rings. The zero-order chi connectivity index (χ0) is 11.8. The van der Waals surface area contributed by atoms with E-state index in [1.54, 1.807) is 0 Å². The van der Waals surface area contributed by atoms with Crippen LogP contribution in [-0.4, -0.2) is 31.6 Å². The van der Waals surface area contributed by atoms with Crippen molar-refractivity contribution in [1.82, 2.24) is 4.90 Å². The van der Waals surface area contributed by atoms with E-state index in [0.717, 1.165) is 13.1 Å². The van der Waals surface area contributed by atoms with Crippen molar-refractivity contribution in [3.63, 3.8) is 0 Å². The SMILES string of the molecule is CCCCN(C)CC(CN)c1ccccc1. The number of hydrogen-bond donors (Lipinski definition) is 1. The highest BCUT2D eigenvalue weighted by atomic mass is 15.1. The van der Waals surface area contributed by atoms with E-state index in [1.807, 2.05) is 0 Å². The maximum atomic E-state index is 5.86. The fraction of sp³-hybridized carbons (Fsp3) is 0.571. The topological polar surface area (TPSA) is 29.3 Å². The minimum absolute atomic E-state index is 0.461. The van der Waals surface area contributed by atoms with Gasteiger partial charge in [-0.15, -0.1) is 0 Å². The summed E-state index contributed by atoms with van der Waals surface area (Å²) >= 11 is 0. The number of rotatable bonds is 7. The van der Waals surface area contributed by atoms with Gasteiger partial charge in [-0.3, -0.25) is 0 Å². The summed E-state index contributed by atoms with van der Waals surface area (Å²) in [6.07, 6.45) is 2.52. The summed E-state index contributed by atoms with van der Waals surface area (Å²) in [5.74, 6) is 0.461. The molecule has 0 aromatic heterocycles. The lowest BCUT2D eigenvalue weighted by Crippen LogP contribution is -2.29. The van der Waals surface area contributed by atoms with Crippen molar-refractivity contribution in [3.8, 4) is 0 Å². The summed E-state index contributed by atoms with van der Waals surface area (Å²) in [5.41, 5.74) is 7.21. The minimum atomic E-state index is 0.461. The third kappa shape index (κ3) is 4.33. The molecular weight excluding hydrogens is 196 g/mol. The van der Waals surface area contributed by atoms with E-state index in [0.29, 0.717) is 5.92 Å². The number of nitrogens with two attached hydrogens (primary N) is 1. The number of unbranched alkanes of at least 4 members (excludes halogenated alkanes) is 1. The summed E-state index contributed by atoms with van der Waals surface area (Å²) < 4.78 is 0. The second-order valence-corrected chi connectivity index (χ2v) is 4.46. The van der Waals surface area contributed by atoms with Gasteiger partial charge < -0.3 is 10.6 Å². The molecule has 16 heavy (non-hydrogen) atoms. The van der Waals surface area contributed by atoms with Gasteiger partial charge in [0.2, 0.25) is 0 Å². The Morgan fingerprint density at radius 3 is 2.50 bits per heavy atom. The molecule has 0 spiro atoms. The van der Waals surface area contributed by atoms with Crippen LogP contribution in [0.15, 0.2) is 30.3 Å². The number of nitrogens with zero attached hydrogens (tertiary/aromatic N) is 1. The molecule has 0 amide bonds. The predicted octanol–water partition coefficient (Wildman–Crippen LogP) is 2.46. The Balaban J connectivity index is 2.49. The van der Waals surface area contributed by atoms with Crippen LogP contribution in [0, 0.1) is 0 Å². The van der Waals surface area contributed by atoms with Crippen LogP contribution in [0.2, 0.25) is 0 Å². The summed E-state index contributed by atoms with van der Waals surface area (Å²) in [6.45, 7) is 5.17. The molecule has 1 unspecified atom stereocenters. The molecule has 0 saturated heterocycles. The van der Waals surface area contributed by atoms with Crippen LogP contribution in [0.3, 0.4) is 0 Å². The Hall–Kier alpha value is -0.860. The van der Waals surface area contributed by atoms with Gasteiger partial charge in [-0.25, -0.2) is 0 Å². The van der Waals surface area contributed by atoms with Crippen LogP contribution in [0.5, 0.6) is 0 Å². The van der Waals surface area contributed by atoms with E-state index in [4.69, 9.17) is 5.73 Å². The zero-order valence-electron chi connectivity index (χ0n) is 10.5. The lowest BCUT2D eigenvalue weighted by atomic mass is 9.99. The molecule has 1 rings (SSSR count). The normalized spacial score (nSPS) is 13.0. The number of benzene rings is 1. The Bertz CT molecular complexity index is 271. The monoisotopic (exact) mass is 220 g/mol. The predicted molar refractivity (Wildman–Crippen MR) is 70.6 cm³/mol. The Kier molecular flexibility index (Phi) is 6.12. The average Bonchev–Trinajstić information content (AvgIpc) is 2.34. The number of likely N-dealkylation sites (N-methyl/N-ethyl adjacent to an activating group) is 1. The lowest BCUT2D eigenvalue weighted by molar-refractivity contribution is 0.307. The molecule has 1 aromatic carbocycles. The van der Waals surface area contributed by atoms with Gasteiger partial charge in [-0.1, -0.05) is 43.7 Å². The van der Waals surface area contributed by atoms with Crippen LogP contribution in [-0.2, 0) is 0 Å². The Labute approximate surface area is 99.5 Å². The maximum Gasteiger partial charge on any atom is 0.00887 e. The molecule has 0 heterocycles. The highest BCUT2D eigenvalue weighted by Gasteiger charge is 2.11. The van der Waals surface area contributed by atoms with E-state index in [-0.39, 0.29) is 0 Å². The fourth-order valence-electron chi connectivity index (χ4n) is 1.94. The van der Waals surface area contributed by atoms with Gasteiger partial charge in [0.05, 0.1) is 0 Å². The van der Waals surface area contributed by atoms with Gasteiger partial charge in [0.15, 0.2) is 0 Å². The van der Waals surface area contributed by atoms with Crippen molar-refractivity contribution >= 4 is 0 Å². The molecule has 90 valence electrons. The van der Waals surface area contributed by atoms with Crippen LogP contribution in [0.4, 0.5) is 0 Å². The van der Waals surface area contributed by atoms with E-state index >= 15 is 0 Å². The van der Waals surface area contributed by atoms with Crippen LogP contribution in [0.25, 0.3) is 0 Å². The van der Waals surface area contributed by atoms with Gasteiger partial charge in [0.25, 0.3) is 0 Å². The molecule has 2 nitrogen and oxygen atoms in total. The van der Waals surface area contributed by atoms with Crippen molar-refractivity contribution in [2.75, 3.05) is 26.7 Å². The summed E-state index contributed by atoms with van der Waals surface area (Å²) in [4.78, 5) is 2.38. The summed E-state index contributed by atoms with van der Waals surface area (Å²) in [7, 11) is 2.18. The van der Waals surface area contributed by atoms with Crippen molar-refractivity contribution < 1.29 is 0 Å². The second-order valence-electron chi connectivity index (χ2n) is 4.46. The van der Waals surface area contributed by atoms with Crippen molar-refractivity contribution in [2.24, 2.45) is 5.73 Å². The minimum Gasteiger partial charge on any atom is -0.330 e. The second kappa shape index (κ2) is 7.42. The standard InChI is InChI=1S/C14H24N2/c1-3-4-10-16(2)12-14(11-15)13-8-6-5-7-9-13/h5-9,14H,3-4,10-12,15H2,1-2H3. The quantitative estimate of drug-likeness (QED) is 0.765. The van der Waals surface area contributed by atoms with Crippen LogP contribution in [0.1, 0.15) is 31.2 Å². The van der Waals surface area contributed by atoms with Crippen molar-refractivity contribution in [2.45, 2.75) is 25.7 Å². The molecule has 2 N–H and O–H groups in total. The summed E-state index contributed by atoms with van der Waals surface area (Å²) in [5, 5.41) is 0. The van der Waals surface area contributed by atoms with Crippen LogP contribution < -0.4 is 5.73 Å². The van der Waals surface area contributed by atoms with E-state index < -0.39 is 0 Å². The van der Waals surface area contributed by atoms with E-state index in [9.17, 15) is 0 Å². The molecule has 0 aliphatic rings. The maximum absolute atomic E-state index is 5.86. The average molecular weight is 220 g/mol. The highest BCUT2D eigenvalue weighted by molar-refractivity contribution is 5.20. The Morgan fingerprint density at radius 2 is 1.94 bits per heavy atom. The number of hydrogen-bond acceptors (Lipinski definition) is 2. The highest BCUT2D eigenvalue weighted by Crippen LogP contribution is 2.15. The molecule has 0 fully saturated rings. The van der Waals surface area contributed by atoms with Crippen molar-refractivity contribution in [1.29, 1.82) is 0 Å². The Morgan fingerprint density at radius 1 is 1.25 bits per heavy atom. The van der Waals surface area contributed by atoms with Gasteiger partial charge in [0.1, 0.15) is 0 Å². The molecular formula is C14H24N2. The molecule has 0 bridgehead atoms. The molecule has 0 saturated carbocycles. The molecule has 0 aliphatic carbocycles. The molecule has 0 aliphatic heterocycles. The molecule has 1 atom stereocenters. The first-order chi connectivity index (χ1) is 7.77. The first-order valence-corrected chi connectivity index (χ1v) is 6.21. The lowest BCUT2D eigenvalue weighted by Gasteiger charge is -2.23. The third-order valence-electron chi connectivity index (χ3n) is 2.98. The van der Waals surface area contributed by atoms with Gasteiger partial charge in [0, 0.05) is 19.0 Å². The first-order valence-electron chi connectivity index (χ1n) is 6.21.